The number of aryl methyl sites for hydroxylation is 2. The summed E-state index contributed by atoms with van der Waals surface area (Å²) in [7, 11) is 0. The van der Waals surface area contributed by atoms with Gasteiger partial charge in [-0.3, -0.25) is 14.4 Å². The van der Waals surface area contributed by atoms with Crippen LogP contribution in [0.1, 0.15) is 36.7 Å². The highest BCUT2D eigenvalue weighted by Crippen LogP contribution is 2.26. The fourth-order valence-electron chi connectivity index (χ4n) is 3.44. The molecule has 1 amide bonds. The van der Waals surface area contributed by atoms with Gasteiger partial charge in [-0.25, -0.2) is 0 Å². The molecule has 2 aromatic rings. The lowest BCUT2D eigenvalue weighted by molar-refractivity contribution is -0.134. The van der Waals surface area contributed by atoms with Crippen molar-refractivity contribution in [1.29, 1.82) is 0 Å². The Balaban J connectivity index is 1.77. The molecule has 1 unspecified atom stereocenters. The molecule has 1 aliphatic rings. The monoisotopic (exact) mass is 326 g/mol. The van der Waals surface area contributed by atoms with Gasteiger partial charge in [-0.05, 0) is 19.4 Å². The molecule has 24 heavy (non-hydrogen) atoms. The summed E-state index contributed by atoms with van der Waals surface area (Å²) in [5, 5.41) is 4.54. The molecule has 1 aliphatic heterocycles. The van der Waals surface area contributed by atoms with Crippen molar-refractivity contribution in [3.8, 4) is 0 Å². The third kappa shape index (κ3) is 3.51. The van der Waals surface area contributed by atoms with Crippen LogP contribution in [0.2, 0.25) is 0 Å². The van der Waals surface area contributed by atoms with Gasteiger partial charge in [0.15, 0.2) is 0 Å². The fraction of sp³-hybridized carbons (Fsp3) is 0.474. The number of hydrogen-bond donors (Lipinski definition) is 0. The minimum absolute atomic E-state index is 0.124. The van der Waals surface area contributed by atoms with E-state index in [2.05, 4.69) is 42.2 Å². The van der Waals surface area contributed by atoms with E-state index in [1.807, 2.05) is 27.8 Å². The Labute approximate surface area is 143 Å². The van der Waals surface area contributed by atoms with Gasteiger partial charge in [0.1, 0.15) is 0 Å². The van der Waals surface area contributed by atoms with Crippen molar-refractivity contribution >= 4 is 5.91 Å². The quantitative estimate of drug-likeness (QED) is 0.867. The maximum atomic E-state index is 12.0. The lowest BCUT2D eigenvalue weighted by atomic mass is 10.0. The predicted molar refractivity (Wildman–Crippen MR) is 94.5 cm³/mol. The predicted octanol–water partition coefficient (Wildman–Crippen LogP) is 2.62. The van der Waals surface area contributed by atoms with Crippen LogP contribution >= 0.6 is 0 Å². The van der Waals surface area contributed by atoms with Crippen LogP contribution < -0.4 is 0 Å². The standard InChI is InChI=1S/C19H26N4O/c1-4-22-13-18(15(2)20-22)12-21-10-11-23(16(3)24)19(14-21)17-8-6-5-7-9-17/h5-9,13,19H,4,10-12,14H2,1-3H3. The summed E-state index contributed by atoms with van der Waals surface area (Å²) in [5.41, 5.74) is 3.58. The first-order chi connectivity index (χ1) is 11.6. The van der Waals surface area contributed by atoms with E-state index in [4.69, 9.17) is 0 Å². The third-order valence-electron chi connectivity index (χ3n) is 4.82. The van der Waals surface area contributed by atoms with E-state index in [0.29, 0.717) is 0 Å². The molecule has 3 rings (SSSR count). The summed E-state index contributed by atoms with van der Waals surface area (Å²) in [4.78, 5) is 16.5. The van der Waals surface area contributed by atoms with Crippen molar-refractivity contribution in [3.63, 3.8) is 0 Å². The smallest absolute Gasteiger partial charge is 0.220 e. The number of aromatic nitrogens is 2. The van der Waals surface area contributed by atoms with E-state index in [0.717, 1.165) is 38.4 Å². The van der Waals surface area contributed by atoms with Crippen LogP contribution in [0.5, 0.6) is 0 Å². The van der Waals surface area contributed by atoms with Crippen LogP contribution in [0.3, 0.4) is 0 Å². The number of carbonyl (C=O) groups excluding carboxylic acids is 1. The van der Waals surface area contributed by atoms with E-state index in [1.54, 1.807) is 6.92 Å². The van der Waals surface area contributed by atoms with Crippen molar-refractivity contribution in [2.45, 2.75) is 39.9 Å². The summed E-state index contributed by atoms with van der Waals surface area (Å²) >= 11 is 0. The zero-order chi connectivity index (χ0) is 17.1. The molecule has 5 heteroatoms. The molecule has 0 spiro atoms. The van der Waals surface area contributed by atoms with Gasteiger partial charge in [0, 0.05) is 51.4 Å². The topological polar surface area (TPSA) is 41.4 Å². The van der Waals surface area contributed by atoms with Gasteiger partial charge >= 0.3 is 0 Å². The van der Waals surface area contributed by atoms with Gasteiger partial charge in [-0.15, -0.1) is 0 Å². The van der Waals surface area contributed by atoms with Crippen LogP contribution in [0, 0.1) is 6.92 Å². The molecule has 1 saturated heterocycles. The van der Waals surface area contributed by atoms with Crippen LogP contribution in [-0.2, 0) is 17.9 Å². The van der Waals surface area contributed by atoms with Gasteiger partial charge < -0.3 is 4.90 Å². The molecule has 0 aliphatic carbocycles. The van der Waals surface area contributed by atoms with Gasteiger partial charge in [-0.1, -0.05) is 30.3 Å². The minimum atomic E-state index is 0.124. The molecule has 1 aromatic heterocycles. The number of carbonyl (C=O) groups is 1. The molecule has 0 saturated carbocycles. The zero-order valence-corrected chi connectivity index (χ0v) is 14.8. The van der Waals surface area contributed by atoms with E-state index >= 15 is 0 Å². The average Bonchev–Trinajstić information content (AvgIpc) is 2.95. The summed E-state index contributed by atoms with van der Waals surface area (Å²) in [5.74, 6) is 0.151. The Morgan fingerprint density at radius 3 is 2.62 bits per heavy atom. The first-order valence-corrected chi connectivity index (χ1v) is 8.66. The van der Waals surface area contributed by atoms with E-state index < -0.39 is 0 Å². The van der Waals surface area contributed by atoms with E-state index in [9.17, 15) is 4.79 Å². The molecule has 0 radical (unpaired) electrons. The van der Waals surface area contributed by atoms with Crippen LogP contribution in [0.4, 0.5) is 0 Å². The Kier molecular flexibility index (Phi) is 5.00. The average molecular weight is 326 g/mol. The number of amides is 1. The molecule has 1 atom stereocenters. The molecular weight excluding hydrogens is 300 g/mol. The SMILES string of the molecule is CCn1cc(CN2CCN(C(C)=O)C(c3ccccc3)C2)c(C)n1. The Hall–Kier alpha value is -2.14. The second-order valence-electron chi connectivity index (χ2n) is 6.47. The van der Waals surface area contributed by atoms with Gasteiger partial charge in [0.05, 0.1) is 11.7 Å². The highest BCUT2D eigenvalue weighted by atomic mass is 16.2. The Bertz CT molecular complexity index is 695. The number of nitrogens with zero attached hydrogens (tertiary/aromatic N) is 4. The first-order valence-electron chi connectivity index (χ1n) is 8.66. The molecular formula is C19H26N4O. The maximum absolute atomic E-state index is 12.0. The first kappa shape index (κ1) is 16.7. The van der Waals surface area contributed by atoms with Crippen LogP contribution in [0.25, 0.3) is 0 Å². The molecule has 5 nitrogen and oxygen atoms in total. The van der Waals surface area contributed by atoms with Crippen LogP contribution in [0.15, 0.2) is 36.5 Å². The zero-order valence-electron chi connectivity index (χ0n) is 14.8. The Morgan fingerprint density at radius 1 is 1.25 bits per heavy atom. The Morgan fingerprint density at radius 2 is 2.00 bits per heavy atom. The minimum Gasteiger partial charge on any atom is -0.333 e. The molecule has 128 valence electrons. The van der Waals surface area contributed by atoms with E-state index in [1.165, 1.54) is 11.1 Å². The largest absolute Gasteiger partial charge is 0.333 e. The van der Waals surface area contributed by atoms with Crippen molar-refractivity contribution in [2.24, 2.45) is 0 Å². The lowest BCUT2D eigenvalue weighted by Crippen LogP contribution is -2.49. The number of benzene rings is 1. The molecule has 1 fully saturated rings. The van der Waals surface area contributed by atoms with Crippen LogP contribution in [-0.4, -0.2) is 45.1 Å². The third-order valence-corrected chi connectivity index (χ3v) is 4.82. The normalized spacial score (nSPS) is 18.8. The highest BCUT2D eigenvalue weighted by Gasteiger charge is 2.30. The van der Waals surface area contributed by atoms with Gasteiger partial charge in [0.2, 0.25) is 5.91 Å². The van der Waals surface area contributed by atoms with Gasteiger partial charge in [0.25, 0.3) is 0 Å². The number of rotatable bonds is 4. The molecule has 0 N–H and O–H groups in total. The molecule has 2 heterocycles. The van der Waals surface area contributed by atoms with Crippen molar-refractivity contribution in [2.75, 3.05) is 19.6 Å². The second-order valence-corrected chi connectivity index (χ2v) is 6.47. The summed E-state index contributed by atoms with van der Waals surface area (Å²) < 4.78 is 1.99. The maximum Gasteiger partial charge on any atom is 0.220 e. The number of piperazine rings is 1. The van der Waals surface area contributed by atoms with Crippen molar-refractivity contribution in [3.05, 3.63) is 53.3 Å². The summed E-state index contributed by atoms with van der Waals surface area (Å²) in [6.45, 7) is 10.2. The van der Waals surface area contributed by atoms with E-state index in [-0.39, 0.29) is 11.9 Å². The highest BCUT2D eigenvalue weighted by molar-refractivity contribution is 5.74. The number of hydrogen-bond acceptors (Lipinski definition) is 3. The second kappa shape index (κ2) is 7.18. The summed E-state index contributed by atoms with van der Waals surface area (Å²) in [6, 6.07) is 10.5. The molecule has 0 bridgehead atoms. The van der Waals surface area contributed by atoms with Crippen molar-refractivity contribution in [1.82, 2.24) is 19.6 Å². The van der Waals surface area contributed by atoms with Gasteiger partial charge in [-0.2, -0.15) is 5.10 Å². The lowest BCUT2D eigenvalue weighted by Gasteiger charge is -2.41. The summed E-state index contributed by atoms with van der Waals surface area (Å²) in [6.07, 6.45) is 2.14. The molecule has 1 aromatic carbocycles. The fourth-order valence-corrected chi connectivity index (χ4v) is 3.44. The van der Waals surface area contributed by atoms with Crippen molar-refractivity contribution < 1.29 is 4.79 Å².